The number of thiophene rings is 1. The third kappa shape index (κ3) is 3.58. The molecule has 1 saturated heterocycles. The van der Waals surface area contributed by atoms with Crippen LogP contribution in [0.5, 0.6) is 0 Å². The zero-order valence-corrected chi connectivity index (χ0v) is 16.8. The smallest absolute Gasteiger partial charge is 0.264 e. The van der Waals surface area contributed by atoms with Crippen molar-refractivity contribution in [2.45, 2.75) is 11.1 Å². The van der Waals surface area contributed by atoms with Crippen LogP contribution in [0, 0.1) is 6.92 Å². The quantitative estimate of drug-likeness (QED) is 0.694. The van der Waals surface area contributed by atoms with Gasteiger partial charge in [0, 0.05) is 50.3 Å². The number of sulfonamides is 1. The number of hydrogen-bond donors (Lipinski definition) is 1. The van der Waals surface area contributed by atoms with Crippen LogP contribution in [0.1, 0.15) is 5.56 Å². The van der Waals surface area contributed by atoms with E-state index in [0.717, 1.165) is 22.6 Å². The number of piperazine rings is 1. The lowest BCUT2D eigenvalue weighted by molar-refractivity contribution is 0.385. The minimum atomic E-state index is -3.56. The largest absolute Gasteiger partial charge is 0.369 e. The van der Waals surface area contributed by atoms with E-state index in [4.69, 9.17) is 0 Å². The molecular formula is C18H19N5O3S2. The van der Waals surface area contributed by atoms with Gasteiger partial charge in [-0.05, 0) is 36.8 Å². The monoisotopic (exact) mass is 417 g/mol. The summed E-state index contributed by atoms with van der Waals surface area (Å²) in [6.45, 7) is 4.11. The number of pyridine rings is 1. The third-order valence-electron chi connectivity index (χ3n) is 4.68. The molecule has 8 nitrogen and oxygen atoms in total. The van der Waals surface area contributed by atoms with Gasteiger partial charge in [0.05, 0.1) is 4.88 Å². The van der Waals surface area contributed by atoms with Crippen LogP contribution >= 0.6 is 11.3 Å². The van der Waals surface area contributed by atoms with Crippen LogP contribution in [-0.4, -0.2) is 54.1 Å². The highest BCUT2D eigenvalue weighted by Crippen LogP contribution is 2.31. The molecule has 4 heterocycles. The molecule has 1 aliphatic heterocycles. The lowest BCUT2D eigenvalue weighted by Crippen LogP contribution is -2.48. The molecule has 0 aliphatic carbocycles. The van der Waals surface area contributed by atoms with Crippen LogP contribution in [0.15, 0.2) is 51.7 Å². The first-order chi connectivity index (χ1) is 13.4. The number of rotatable bonds is 4. The molecule has 1 N–H and O–H groups in total. The first-order valence-corrected chi connectivity index (χ1v) is 11.0. The predicted molar refractivity (Wildman–Crippen MR) is 108 cm³/mol. The highest BCUT2D eigenvalue weighted by Gasteiger charge is 2.30. The number of hydrogen-bond acceptors (Lipinski definition) is 7. The summed E-state index contributed by atoms with van der Waals surface area (Å²) in [5, 5.41) is 6.33. The molecule has 4 rings (SSSR count). The van der Waals surface area contributed by atoms with Crippen molar-refractivity contribution in [1.82, 2.24) is 19.5 Å². The Morgan fingerprint density at radius 1 is 1.07 bits per heavy atom. The molecule has 10 heteroatoms. The van der Waals surface area contributed by atoms with E-state index in [0.29, 0.717) is 36.8 Å². The SMILES string of the molecule is Cc1cnccc1N1CCN(S(=O)(=O)c2ccc(-c3ccc(=O)[nH]n3)s2)CC1. The van der Waals surface area contributed by atoms with Crippen molar-refractivity contribution in [3.8, 4) is 10.6 Å². The van der Waals surface area contributed by atoms with E-state index in [1.807, 2.05) is 19.2 Å². The first-order valence-electron chi connectivity index (χ1n) is 8.77. The van der Waals surface area contributed by atoms with E-state index in [1.165, 1.54) is 10.4 Å². The lowest BCUT2D eigenvalue weighted by atomic mass is 10.2. The van der Waals surface area contributed by atoms with E-state index >= 15 is 0 Å². The molecule has 0 amide bonds. The van der Waals surface area contributed by atoms with Gasteiger partial charge in [-0.2, -0.15) is 9.40 Å². The van der Waals surface area contributed by atoms with Crippen LogP contribution in [0.25, 0.3) is 10.6 Å². The number of nitrogens with zero attached hydrogens (tertiary/aromatic N) is 4. The second-order valence-corrected chi connectivity index (χ2v) is 9.73. The minimum Gasteiger partial charge on any atom is -0.369 e. The zero-order valence-electron chi connectivity index (χ0n) is 15.2. The molecule has 0 unspecified atom stereocenters. The number of nitrogens with one attached hydrogen (secondary N) is 1. The summed E-state index contributed by atoms with van der Waals surface area (Å²) in [6, 6.07) is 8.23. The van der Waals surface area contributed by atoms with Crippen molar-refractivity contribution in [3.05, 3.63) is 58.6 Å². The van der Waals surface area contributed by atoms with Gasteiger partial charge in [0.1, 0.15) is 9.90 Å². The Hall–Kier alpha value is -2.56. The summed E-state index contributed by atoms with van der Waals surface area (Å²) in [7, 11) is -3.56. The van der Waals surface area contributed by atoms with Crippen molar-refractivity contribution in [3.63, 3.8) is 0 Å². The Balaban J connectivity index is 1.50. The van der Waals surface area contributed by atoms with E-state index in [2.05, 4.69) is 20.1 Å². The maximum absolute atomic E-state index is 13.0. The van der Waals surface area contributed by atoms with Gasteiger partial charge < -0.3 is 4.90 Å². The lowest BCUT2D eigenvalue weighted by Gasteiger charge is -2.35. The fourth-order valence-corrected chi connectivity index (χ4v) is 6.05. The topological polar surface area (TPSA) is 99.3 Å². The Kier molecular flexibility index (Phi) is 5.00. The molecule has 0 saturated carbocycles. The maximum atomic E-state index is 13.0. The molecule has 0 aromatic carbocycles. The molecule has 28 heavy (non-hydrogen) atoms. The van der Waals surface area contributed by atoms with Gasteiger partial charge >= 0.3 is 0 Å². The third-order valence-corrected chi connectivity index (χ3v) is 8.15. The molecule has 1 fully saturated rings. The molecule has 0 radical (unpaired) electrons. The summed E-state index contributed by atoms with van der Waals surface area (Å²) in [4.78, 5) is 18.1. The average molecular weight is 418 g/mol. The van der Waals surface area contributed by atoms with Gasteiger partial charge in [0.15, 0.2) is 0 Å². The molecule has 0 atom stereocenters. The van der Waals surface area contributed by atoms with Crippen molar-refractivity contribution in [1.29, 1.82) is 0 Å². The molecule has 146 valence electrons. The van der Waals surface area contributed by atoms with Crippen molar-refractivity contribution in [2.24, 2.45) is 0 Å². The number of H-pyrrole nitrogens is 1. The standard InChI is InChI=1S/C18H19N5O3S2/c1-13-12-19-7-6-15(13)22-8-10-23(11-9-22)28(25,26)18-5-3-16(27-18)14-2-4-17(24)21-20-14/h2-7,12H,8-11H2,1H3,(H,21,24). The number of aromatic nitrogens is 3. The molecule has 1 aliphatic rings. The molecular weight excluding hydrogens is 398 g/mol. The van der Waals surface area contributed by atoms with Gasteiger partial charge in [-0.15, -0.1) is 11.3 Å². The van der Waals surface area contributed by atoms with Crippen LogP contribution in [0.4, 0.5) is 5.69 Å². The van der Waals surface area contributed by atoms with Gasteiger partial charge in [0.2, 0.25) is 0 Å². The van der Waals surface area contributed by atoms with Crippen LogP contribution < -0.4 is 10.5 Å². The first kappa shape index (κ1) is 18.8. The summed E-state index contributed by atoms with van der Waals surface area (Å²) < 4.78 is 27.9. The number of aromatic amines is 1. The number of aryl methyl sites for hydroxylation is 1. The highest BCUT2D eigenvalue weighted by atomic mass is 32.2. The van der Waals surface area contributed by atoms with Crippen molar-refractivity contribution in [2.75, 3.05) is 31.1 Å². The molecule has 3 aromatic rings. The minimum absolute atomic E-state index is 0.282. The fourth-order valence-electron chi connectivity index (χ4n) is 3.20. The predicted octanol–water partition coefficient (Wildman–Crippen LogP) is 1.71. The second kappa shape index (κ2) is 7.46. The average Bonchev–Trinajstić information content (AvgIpc) is 3.20. The molecule has 0 spiro atoms. The fraction of sp³-hybridized carbons (Fsp3) is 0.278. The maximum Gasteiger partial charge on any atom is 0.264 e. The molecule has 0 bridgehead atoms. The van der Waals surface area contributed by atoms with Crippen LogP contribution in [0.2, 0.25) is 0 Å². The highest BCUT2D eigenvalue weighted by molar-refractivity contribution is 7.91. The van der Waals surface area contributed by atoms with Gasteiger partial charge in [-0.3, -0.25) is 9.78 Å². The second-order valence-electron chi connectivity index (χ2n) is 6.48. The normalized spacial score (nSPS) is 15.7. The summed E-state index contributed by atoms with van der Waals surface area (Å²) in [5.74, 6) is 0. The summed E-state index contributed by atoms with van der Waals surface area (Å²) in [6.07, 6.45) is 3.57. The number of anilines is 1. The van der Waals surface area contributed by atoms with Gasteiger partial charge in [-0.1, -0.05) is 0 Å². The van der Waals surface area contributed by atoms with E-state index < -0.39 is 10.0 Å². The van der Waals surface area contributed by atoms with Crippen LogP contribution in [-0.2, 0) is 10.0 Å². The van der Waals surface area contributed by atoms with E-state index in [1.54, 1.807) is 24.4 Å². The zero-order chi connectivity index (χ0) is 19.7. The molecule has 3 aromatic heterocycles. The summed E-state index contributed by atoms with van der Waals surface area (Å²) in [5.41, 5.74) is 2.42. The van der Waals surface area contributed by atoms with Crippen LogP contribution in [0.3, 0.4) is 0 Å². The summed E-state index contributed by atoms with van der Waals surface area (Å²) >= 11 is 1.16. The van der Waals surface area contributed by atoms with Gasteiger partial charge in [-0.25, -0.2) is 13.5 Å². The Labute approximate surface area is 166 Å². The van der Waals surface area contributed by atoms with E-state index in [-0.39, 0.29) is 9.77 Å². The van der Waals surface area contributed by atoms with E-state index in [9.17, 15) is 13.2 Å². The van der Waals surface area contributed by atoms with Crippen molar-refractivity contribution >= 4 is 27.0 Å². The van der Waals surface area contributed by atoms with Gasteiger partial charge in [0.25, 0.3) is 15.6 Å². The Bertz CT molecular complexity index is 1130. The Morgan fingerprint density at radius 2 is 1.86 bits per heavy atom. The van der Waals surface area contributed by atoms with Crippen molar-refractivity contribution < 1.29 is 8.42 Å². The Morgan fingerprint density at radius 3 is 2.54 bits per heavy atom.